The van der Waals surface area contributed by atoms with Crippen LogP contribution in [-0.4, -0.2) is 46.6 Å². The van der Waals surface area contributed by atoms with E-state index in [0.717, 1.165) is 19.6 Å². The van der Waals surface area contributed by atoms with Crippen molar-refractivity contribution in [2.24, 2.45) is 0 Å². The highest BCUT2D eigenvalue weighted by atomic mass is 35.5. The first-order valence-electron chi connectivity index (χ1n) is 8.23. The lowest BCUT2D eigenvalue weighted by atomic mass is 10.1. The van der Waals surface area contributed by atoms with Gasteiger partial charge in [0.1, 0.15) is 5.75 Å². The Balaban J connectivity index is 0.00000225. The summed E-state index contributed by atoms with van der Waals surface area (Å²) in [7, 11) is 0. The Morgan fingerprint density at radius 3 is 2.80 bits per heavy atom. The summed E-state index contributed by atoms with van der Waals surface area (Å²) in [6.45, 7) is 6.64. The van der Waals surface area contributed by atoms with Crippen LogP contribution in [0, 0.1) is 0 Å². The zero-order chi connectivity index (χ0) is 16.9. The lowest BCUT2D eigenvalue weighted by molar-refractivity contribution is 0.0655. The molecule has 0 saturated carbocycles. The molecule has 2 aromatic rings. The van der Waals surface area contributed by atoms with E-state index in [1.807, 2.05) is 11.8 Å². The van der Waals surface area contributed by atoms with Gasteiger partial charge in [-0.05, 0) is 31.2 Å². The number of aryl methyl sites for hydroxylation is 1. The summed E-state index contributed by atoms with van der Waals surface area (Å²) in [4.78, 5) is 18.7. The van der Waals surface area contributed by atoms with Crippen LogP contribution in [0.15, 0.2) is 28.8 Å². The second-order valence-electron chi connectivity index (χ2n) is 5.82. The molecule has 7 nitrogen and oxygen atoms in total. The summed E-state index contributed by atoms with van der Waals surface area (Å²) in [6, 6.07) is 7.37. The Bertz CT molecular complexity index is 689. The third kappa shape index (κ3) is 4.70. The van der Waals surface area contributed by atoms with E-state index >= 15 is 0 Å². The number of nitrogens with one attached hydrogen (secondary N) is 1. The highest BCUT2D eigenvalue weighted by Gasteiger charge is 2.23. The van der Waals surface area contributed by atoms with Crippen molar-refractivity contribution < 1.29 is 14.1 Å². The molecule has 1 aliphatic rings. The van der Waals surface area contributed by atoms with E-state index in [1.54, 1.807) is 24.3 Å². The minimum atomic E-state index is 0. The quantitative estimate of drug-likeness (QED) is 0.872. The number of aromatic nitrogens is 2. The molecular weight excluding hydrogens is 344 g/mol. The molecule has 8 heteroatoms. The number of amides is 1. The first-order valence-corrected chi connectivity index (χ1v) is 8.23. The van der Waals surface area contributed by atoms with Gasteiger partial charge in [0, 0.05) is 37.7 Å². The Morgan fingerprint density at radius 1 is 1.40 bits per heavy atom. The van der Waals surface area contributed by atoms with Gasteiger partial charge < -0.3 is 19.5 Å². The summed E-state index contributed by atoms with van der Waals surface area (Å²) in [5.74, 6) is 1.84. The van der Waals surface area contributed by atoms with Crippen molar-refractivity contribution in [3.63, 3.8) is 0 Å². The maximum atomic E-state index is 12.6. The van der Waals surface area contributed by atoms with E-state index in [9.17, 15) is 4.79 Å². The summed E-state index contributed by atoms with van der Waals surface area (Å²) in [5.41, 5.74) is 0.670. The fourth-order valence-electron chi connectivity index (χ4n) is 2.64. The smallest absolute Gasteiger partial charge is 0.254 e. The molecule has 25 heavy (non-hydrogen) atoms. The van der Waals surface area contributed by atoms with E-state index in [0.29, 0.717) is 29.4 Å². The molecule has 3 rings (SSSR count). The van der Waals surface area contributed by atoms with Crippen LogP contribution < -0.4 is 10.1 Å². The number of benzene rings is 1. The molecule has 136 valence electrons. The van der Waals surface area contributed by atoms with E-state index in [4.69, 9.17) is 9.26 Å². The number of carbonyl (C=O) groups excluding carboxylic acids is 1. The van der Waals surface area contributed by atoms with Gasteiger partial charge >= 0.3 is 0 Å². The lowest BCUT2D eigenvalue weighted by Crippen LogP contribution is -2.52. The summed E-state index contributed by atoms with van der Waals surface area (Å²) < 4.78 is 10.7. The van der Waals surface area contributed by atoms with Crippen LogP contribution >= 0.6 is 12.4 Å². The molecule has 1 saturated heterocycles. The van der Waals surface area contributed by atoms with Crippen LogP contribution in [0.3, 0.4) is 0 Å². The fraction of sp³-hybridized carbons (Fsp3) is 0.471. The second kappa shape index (κ2) is 8.82. The minimum absolute atomic E-state index is 0. The number of rotatable bonds is 5. The molecular formula is C17H23ClN4O3. The molecule has 1 aliphatic heterocycles. The van der Waals surface area contributed by atoms with Crippen molar-refractivity contribution in [2.45, 2.75) is 32.9 Å². The normalized spacial score (nSPS) is 17.0. The third-order valence-corrected chi connectivity index (χ3v) is 4.04. The monoisotopic (exact) mass is 366 g/mol. The van der Waals surface area contributed by atoms with Crippen LogP contribution in [-0.2, 0) is 13.0 Å². The molecule has 1 aromatic heterocycles. The van der Waals surface area contributed by atoms with Crippen molar-refractivity contribution in [1.29, 1.82) is 0 Å². The standard InChI is InChI=1S/C17H22N4O3.ClH/c1-3-16-19-15(20-24-16)11-23-14-6-4-13(5-7-14)17(22)21-9-8-18-10-12(21)2;/h4-7,12,18H,3,8-11H2,1-2H3;1H/t12-;/m0./s1. The number of ether oxygens (including phenoxy) is 1. The molecule has 0 unspecified atom stereocenters. The molecule has 0 aliphatic carbocycles. The molecule has 1 fully saturated rings. The molecule has 0 radical (unpaired) electrons. The highest BCUT2D eigenvalue weighted by molar-refractivity contribution is 5.94. The van der Waals surface area contributed by atoms with E-state index in [1.165, 1.54) is 0 Å². The van der Waals surface area contributed by atoms with Crippen molar-refractivity contribution in [2.75, 3.05) is 19.6 Å². The molecule has 1 N–H and O–H groups in total. The fourth-order valence-corrected chi connectivity index (χ4v) is 2.64. The van der Waals surface area contributed by atoms with Gasteiger partial charge in [0.2, 0.25) is 11.7 Å². The Hall–Kier alpha value is -2.12. The van der Waals surface area contributed by atoms with E-state index < -0.39 is 0 Å². The van der Waals surface area contributed by atoms with Crippen molar-refractivity contribution in [3.8, 4) is 5.75 Å². The van der Waals surface area contributed by atoms with Crippen molar-refractivity contribution >= 4 is 18.3 Å². The first-order chi connectivity index (χ1) is 11.7. The molecule has 1 aromatic carbocycles. The van der Waals surface area contributed by atoms with Crippen LogP contribution in [0.4, 0.5) is 0 Å². The van der Waals surface area contributed by atoms with Crippen LogP contribution in [0.25, 0.3) is 0 Å². The first kappa shape index (κ1) is 19.2. The van der Waals surface area contributed by atoms with Crippen LogP contribution in [0.1, 0.15) is 35.9 Å². The van der Waals surface area contributed by atoms with Crippen molar-refractivity contribution in [1.82, 2.24) is 20.4 Å². The molecule has 0 spiro atoms. The Labute approximate surface area is 153 Å². The van der Waals surface area contributed by atoms with Gasteiger partial charge in [-0.3, -0.25) is 4.79 Å². The SMILES string of the molecule is CCc1nc(COc2ccc(C(=O)N3CCNC[C@@H]3C)cc2)no1.Cl. The molecule has 2 heterocycles. The van der Waals surface area contributed by atoms with Gasteiger partial charge in [0.15, 0.2) is 6.61 Å². The van der Waals surface area contributed by atoms with Gasteiger partial charge in [0.25, 0.3) is 5.91 Å². The predicted molar refractivity (Wildman–Crippen MR) is 95.1 cm³/mol. The van der Waals surface area contributed by atoms with Gasteiger partial charge in [-0.2, -0.15) is 4.98 Å². The molecule has 1 atom stereocenters. The summed E-state index contributed by atoms with van der Waals surface area (Å²) in [6.07, 6.45) is 0.703. The van der Waals surface area contributed by atoms with Crippen molar-refractivity contribution in [3.05, 3.63) is 41.5 Å². The van der Waals surface area contributed by atoms with Gasteiger partial charge in [-0.25, -0.2) is 0 Å². The second-order valence-corrected chi connectivity index (χ2v) is 5.82. The molecule has 0 bridgehead atoms. The van der Waals surface area contributed by atoms with Crippen LogP contribution in [0.5, 0.6) is 5.75 Å². The zero-order valence-electron chi connectivity index (χ0n) is 14.4. The zero-order valence-corrected chi connectivity index (χ0v) is 15.2. The average molecular weight is 367 g/mol. The maximum Gasteiger partial charge on any atom is 0.254 e. The third-order valence-electron chi connectivity index (χ3n) is 4.04. The van der Waals surface area contributed by atoms with Gasteiger partial charge in [-0.15, -0.1) is 12.4 Å². The van der Waals surface area contributed by atoms with Gasteiger partial charge in [-0.1, -0.05) is 12.1 Å². The van der Waals surface area contributed by atoms with Crippen LogP contribution in [0.2, 0.25) is 0 Å². The highest BCUT2D eigenvalue weighted by Crippen LogP contribution is 2.16. The summed E-state index contributed by atoms with van der Waals surface area (Å²) >= 11 is 0. The summed E-state index contributed by atoms with van der Waals surface area (Å²) in [5, 5.41) is 7.12. The Morgan fingerprint density at radius 2 is 2.16 bits per heavy atom. The maximum absolute atomic E-state index is 12.6. The van der Waals surface area contributed by atoms with Gasteiger partial charge in [0.05, 0.1) is 0 Å². The number of hydrogen-bond donors (Lipinski definition) is 1. The Kier molecular flexibility index (Phi) is 6.78. The number of halogens is 1. The minimum Gasteiger partial charge on any atom is -0.485 e. The largest absolute Gasteiger partial charge is 0.485 e. The number of hydrogen-bond acceptors (Lipinski definition) is 6. The average Bonchev–Trinajstić information content (AvgIpc) is 3.08. The van der Waals surface area contributed by atoms with E-state index in [-0.39, 0.29) is 31.0 Å². The number of piperazine rings is 1. The lowest BCUT2D eigenvalue weighted by Gasteiger charge is -2.34. The topological polar surface area (TPSA) is 80.5 Å². The number of carbonyl (C=O) groups is 1. The number of nitrogens with zero attached hydrogens (tertiary/aromatic N) is 3. The van der Waals surface area contributed by atoms with E-state index in [2.05, 4.69) is 22.4 Å². The predicted octanol–water partition coefficient (Wildman–Crippen LogP) is 2.07. The molecule has 1 amide bonds.